The number of nitrogens with one attached hydrogen (secondary N) is 1. The first-order valence-corrected chi connectivity index (χ1v) is 8.59. The number of rotatable bonds is 4. The van der Waals surface area contributed by atoms with Gasteiger partial charge in [-0.25, -0.2) is 4.98 Å². The summed E-state index contributed by atoms with van der Waals surface area (Å²) in [6.45, 7) is 3.44. The van der Waals surface area contributed by atoms with Gasteiger partial charge in [0.25, 0.3) is 0 Å². The van der Waals surface area contributed by atoms with Crippen LogP contribution in [0, 0.1) is 0 Å². The fraction of sp³-hybridized carbons (Fsp3) is 0.263. The molecule has 142 valence electrons. The van der Waals surface area contributed by atoms with Crippen LogP contribution in [0.25, 0.3) is 0 Å². The number of amides is 1. The lowest BCUT2D eigenvalue weighted by Gasteiger charge is -2.31. The van der Waals surface area contributed by atoms with Gasteiger partial charge in [0, 0.05) is 0 Å². The van der Waals surface area contributed by atoms with Crippen molar-refractivity contribution in [2.75, 3.05) is 0 Å². The number of nitrogens with zero attached hydrogens (tertiary/aromatic N) is 1. The average molecular weight is 397 g/mol. The van der Waals surface area contributed by atoms with Crippen molar-refractivity contribution in [3.63, 3.8) is 0 Å². The number of hydrogen-bond acceptors (Lipinski definition) is 3. The van der Waals surface area contributed by atoms with Gasteiger partial charge in [0.2, 0.25) is 5.91 Å². The number of ether oxygens (including phenoxy) is 1. The lowest BCUT2D eigenvalue weighted by molar-refractivity contribution is -0.137. The van der Waals surface area contributed by atoms with E-state index >= 15 is 0 Å². The molecule has 8 heteroatoms. The van der Waals surface area contributed by atoms with Crippen molar-refractivity contribution in [2.24, 2.45) is 0 Å². The molecule has 0 aliphatic heterocycles. The number of benzene rings is 1. The van der Waals surface area contributed by atoms with E-state index in [-0.39, 0.29) is 17.1 Å². The normalized spacial score (nSPS) is 19.1. The van der Waals surface area contributed by atoms with Gasteiger partial charge in [0.15, 0.2) is 0 Å². The number of hydrogen-bond donors (Lipinski definition) is 1. The molecule has 0 radical (unpaired) electrons. The second kappa shape index (κ2) is 7.60. The molecule has 27 heavy (non-hydrogen) atoms. The summed E-state index contributed by atoms with van der Waals surface area (Å²) < 4.78 is 43.9. The number of halogens is 4. The van der Waals surface area contributed by atoms with E-state index in [0.29, 0.717) is 24.3 Å². The van der Waals surface area contributed by atoms with Crippen molar-refractivity contribution in [3.05, 3.63) is 71.0 Å². The molecule has 2 aromatic rings. The highest BCUT2D eigenvalue weighted by Gasteiger charge is 2.32. The zero-order valence-electron chi connectivity index (χ0n) is 14.1. The molecule has 2 atom stereocenters. The van der Waals surface area contributed by atoms with Gasteiger partial charge in [-0.2, -0.15) is 13.2 Å². The number of alkyl halides is 3. The summed E-state index contributed by atoms with van der Waals surface area (Å²) in [6, 6.07) is 7.61. The Morgan fingerprint density at radius 3 is 2.56 bits per heavy atom. The van der Waals surface area contributed by atoms with Crippen LogP contribution in [0.2, 0.25) is 5.15 Å². The maximum Gasteiger partial charge on any atom is 0.416 e. The molecule has 0 unspecified atom stereocenters. The zero-order chi connectivity index (χ0) is 19.6. The topological polar surface area (TPSA) is 51.2 Å². The summed E-state index contributed by atoms with van der Waals surface area (Å²) in [5.41, 5.74) is 0.577. The highest BCUT2D eigenvalue weighted by molar-refractivity contribution is 6.29. The molecule has 1 N–H and O–H groups in total. The Morgan fingerprint density at radius 1 is 1.22 bits per heavy atom. The largest absolute Gasteiger partial charge is 0.484 e. The molecule has 3 rings (SSSR count). The molecule has 0 saturated carbocycles. The minimum atomic E-state index is -4.40. The van der Waals surface area contributed by atoms with Gasteiger partial charge >= 0.3 is 6.18 Å². The van der Waals surface area contributed by atoms with Gasteiger partial charge < -0.3 is 10.1 Å². The Labute approximate surface area is 159 Å². The molecule has 0 fully saturated rings. The number of carbonyl (C=O) groups excluding carboxylic acids is 1. The number of fused-ring (bicyclic) bond motifs is 1. The van der Waals surface area contributed by atoms with Crippen LogP contribution in [-0.2, 0) is 11.0 Å². The summed E-state index contributed by atoms with van der Waals surface area (Å²) in [4.78, 5) is 16.0. The van der Waals surface area contributed by atoms with Crippen LogP contribution in [-0.4, -0.2) is 10.9 Å². The molecule has 4 nitrogen and oxygen atoms in total. The lowest BCUT2D eigenvalue weighted by Crippen LogP contribution is -2.32. The fourth-order valence-electron chi connectivity index (χ4n) is 3.01. The molecule has 0 spiro atoms. The highest BCUT2D eigenvalue weighted by Crippen LogP contribution is 2.39. The van der Waals surface area contributed by atoms with Crippen molar-refractivity contribution in [3.8, 4) is 5.75 Å². The van der Waals surface area contributed by atoms with Crippen molar-refractivity contribution in [2.45, 2.75) is 31.2 Å². The second-order valence-corrected chi connectivity index (χ2v) is 6.47. The van der Waals surface area contributed by atoms with Crippen LogP contribution >= 0.6 is 11.6 Å². The number of pyridine rings is 1. The van der Waals surface area contributed by atoms with E-state index in [2.05, 4.69) is 16.9 Å². The summed E-state index contributed by atoms with van der Waals surface area (Å²) >= 11 is 6.00. The number of aromatic nitrogens is 1. The minimum Gasteiger partial charge on any atom is -0.484 e. The van der Waals surface area contributed by atoms with Gasteiger partial charge in [-0.1, -0.05) is 24.2 Å². The second-order valence-electron chi connectivity index (χ2n) is 6.08. The predicted molar refractivity (Wildman–Crippen MR) is 94.4 cm³/mol. The third kappa shape index (κ3) is 4.42. The van der Waals surface area contributed by atoms with E-state index in [0.717, 1.165) is 17.7 Å². The first-order chi connectivity index (χ1) is 12.8. The van der Waals surface area contributed by atoms with Crippen molar-refractivity contribution in [1.82, 2.24) is 10.3 Å². The smallest absolute Gasteiger partial charge is 0.416 e. The van der Waals surface area contributed by atoms with Crippen LogP contribution in [0.15, 0.2) is 49.1 Å². The summed E-state index contributed by atoms with van der Waals surface area (Å²) in [7, 11) is 0. The molecule has 0 saturated heterocycles. The number of carbonyl (C=O) groups is 1. The monoisotopic (exact) mass is 396 g/mol. The maximum absolute atomic E-state index is 12.7. The van der Waals surface area contributed by atoms with Gasteiger partial charge in [0.05, 0.1) is 17.3 Å². The van der Waals surface area contributed by atoms with Gasteiger partial charge in [0.1, 0.15) is 17.0 Å². The van der Waals surface area contributed by atoms with E-state index in [1.54, 1.807) is 12.1 Å². The van der Waals surface area contributed by atoms with Crippen molar-refractivity contribution in [1.29, 1.82) is 0 Å². The maximum atomic E-state index is 12.7. The molecular weight excluding hydrogens is 381 g/mol. The quantitative estimate of drug-likeness (QED) is 0.583. The van der Waals surface area contributed by atoms with E-state index in [4.69, 9.17) is 16.3 Å². The van der Waals surface area contributed by atoms with Crippen LogP contribution < -0.4 is 10.1 Å². The average Bonchev–Trinajstić information content (AvgIpc) is 2.63. The first-order valence-electron chi connectivity index (χ1n) is 8.21. The zero-order valence-corrected chi connectivity index (χ0v) is 14.8. The Morgan fingerprint density at radius 2 is 1.93 bits per heavy atom. The molecule has 1 aliphatic rings. The molecule has 0 bridgehead atoms. The Kier molecular flexibility index (Phi) is 5.41. The van der Waals surface area contributed by atoms with E-state index in [9.17, 15) is 18.0 Å². The SMILES string of the molecule is C=CC(=O)N[C@H]1CC[C@@H](Oc2ccc(C(F)(F)F)cc2)c2nc(Cl)ccc21. The predicted octanol–water partition coefficient (Wildman–Crippen LogP) is 5.01. The van der Waals surface area contributed by atoms with Crippen LogP contribution in [0.3, 0.4) is 0 Å². The molecule has 1 aromatic heterocycles. The van der Waals surface area contributed by atoms with Crippen molar-refractivity contribution >= 4 is 17.5 Å². The molecule has 1 aromatic carbocycles. The first kappa shape index (κ1) is 19.2. The van der Waals surface area contributed by atoms with E-state index < -0.39 is 17.8 Å². The standard InChI is InChI=1S/C19H16ClF3N2O2/c1-2-17(26)24-14-8-9-15(18-13(14)7-10-16(20)25-18)27-12-5-3-11(4-6-12)19(21,22)23/h2-7,10,14-15H,1,8-9H2,(H,24,26)/t14-,15+/m0/s1. The molecule has 1 amide bonds. The van der Waals surface area contributed by atoms with Gasteiger partial charge in [-0.15, -0.1) is 0 Å². The summed E-state index contributed by atoms with van der Waals surface area (Å²) in [6.07, 6.45) is -2.59. The lowest BCUT2D eigenvalue weighted by atomic mass is 9.89. The van der Waals surface area contributed by atoms with Crippen LogP contribution in [0.5, 0.6) is 5.75 Å². The Bertz CT molecular complexity index is 853. The van der Waals surface area contributed by atoms with Crippen LogP contribution in [0.1, 0.15) is 41.8 Å². The molecular formula is C19H16ClF3N2O2. The highest BCUT2D eigenvalue weighted by atomic mass is 35.5. The van der Waals surface area contributed by atoms with Crippen molar-refractivity contribution < 1.29 is 22.7 Å². The summed E-state index contributed by atoms with van der Waals surface area (Å²) in [5.74, 6) is -0.00249. The van der Waals surface area contributed by atoms with Gasteiger partial charge in [-0.05, 0) is 54.8 Å². The third-order valence-corrected chi connectivity index (χ3v) is 4.49. The van der Waals surface area contributed by atoms with Crippen LogP contribution in [0.4, 0.5) is 13.2 Å². The van der Waals surface area contributed by atoms with E-state index in [1.807, 2.05) is 0 Å². The fourth-order valence-corrected chi connectivity index (χ4v) is 3.16. The Hall–Kier alpha value is -2.54. The van der Waals surface area contributed by atoms with E-state index in [1.165, 1.54) is 18.2 Å². The summed E-state index contributed by atoms with van der Waals surface area (Å²) in [5, 5.41) is 3.10. The molecule has 1 aliphatic carbocycles. The van der Waals surface area contributed by atoms with Gasteiger partial charge in [-0.3, -0.25) is 4.79 Å². The third-order valence-electron chi connectivity index (χ3n) is 4.28. The Balaban J connectivity index is 1.84. The molecule has 1 heterocycles. The minimum absolute atomic E-state index is 0.261.